The van der Waals surface area contributed by atoms with Gasteiger partial charge in [-0.2, -0.15) is 11.8 Å². The zero-order valence-electron chi connectivity index (χ0n) is 11.9. The van der Waals surface area contributed by atoms with Crippen molar-refractivity contribution in [3.63, 3.8) is 0 Å². The monoisotopic (exact) mass is 280 g/mol. The molecule has 0 radical (unpaired) electrons. The maximum Gasteiger partial charge on any atom is 0.137 e. The molecule has 0 aliphatic carbocycles. The van der Waals surface area contributed by atoms with E-state index in [0.717, 1.165) is 18.2 Å². The second-order valence-corrected chi connectivity index (χ2v) is 6.28. The second kappa shape index (κ2) is 7.75. The van der Waals surface area contributed by atoms with Crippen LogP contribution in [0.15, 0.2) is 18.5 Å². The molecule has 1 aliphatic rings. The van der Waals surface area contributed by atoms with Crippen LogP contribution < -0.4 is 10.1 Å². The van der Waals surface area contributed by atoms with Crippen LogP contribution in [0, 0.1) is 5.92 Å². The van der Waals surface area contributed by atoms with Crippen LogP contribution in [0.5, 0.6) is 5.75 Å². The van der Waals surface area contributed by atoms with Crippen molar-refractivity contribution in [2.45, 2.75) is 32.2 Å². The molecule has 1 aromatic heterocycles. The van der Waals surface area contributed by atoms with Gasteiger partial charge in [0.25, 0.3) is 0 Å². The maximum absolute atomic E-state index is 5.28. The van der Waals surface area contributed by atoms with Crippen LogP contribution in [0.25, 0.3) is 0 Å². The molecular weight excluding hydrogens is 256 g/mol. The number of hydrogen-bond acceptors (Lipinski definition) is 4. The average molecular weight is 280 g/mol. The van der Waals surface area contributed by atoms with Crippen molar-refractivity contribution in [1.29, 1.82) is 0 Å². The molecule has 0 aromatic carbocycles. The van der Waals surface area contributed by atoms with Gasteiger partial charge >= 0.3 is 0 Å². The lowest BCUT2D eigenvalue weighted by Crippen LogP contribution is -2.25. The van der Waals surface area contributed by atoms with Gasteiger partial charge in [-0.05, 0) is 54.9 Å². The Morgan fingerprint density at radius 2 is 2.21 bits per heavy atom. The number of aromatic nitrogens is 1. The lowest BCUT2D eigenvalue weighted by atomic mass is 9.91. The van der Waals surface area contributed by atoms with E-state index in [-0.39, 0.29) is 0 Å². The number of rotatable bonds is 6. The van der Waals surface area contributed by atoms with Crippen LogP contribution in [0.2, 0.25) is 0 Å². The Hall–Kier alpha value is -0.740. The summed E-state index contributed by atoms with van der Waals surface area (Å²) in [6.07, 6.45) is 7.65. The Balaban J connectivity index is 2.04. The lowest BCUT2D eigenvalue weighted by molar-refractivity contribution is 0.371. The summed E-state index contributed by atoms with van der Waals surface area (Å²) < 4.78 is 5.28. The predicted octanol–water partition coefficient (Wildman–Crippen LogP) is 3.27. The van der Waals surface area contributed by atoms with Crippen LogP contribution in [0.3, 0.4) is 0 Å². The molecular formula is C15H24N2OS. The van der Waals surface area contributed by atoms with E-state index in [2.05, 4.69) is 35.1 Å². The van der Waals surface area contributed by atoms with E-state index in [9.17, 15) is 0 Å². The van der Waals surface area contributed by atoms with Gasteiger partial charge in [-0.1, -0.05) is 6.92 Å². The summed E-state index contributed by atoms with van der Waals surface area (Å²) in [5.74, 6) is 4.33. The van der Waals surface area contributed by atoms with Gasteiger partial charge in [0, 0.05) is 12.2 Å². The van der Waals surface area contributed by atoms with E-state index in [0.29, 0.717) is 6.04 Å². The molecule has 106 valence electrons. The Bertz CT molecular complexity index is 380. The van der Waals surface area contributed by atoms with Crippen LogP contribution in [0.4, 0.5) is 0 Å². The minimum atomic E-state index is 0.403. The van der Waals surface area contributed by atoms with Crippen molar-refractivity contribution in [2.75, 3.05) is 25.2 Å². The van der Waals surface area contributed by atoms with Crippen LogP contribution >= 0.6 is 11.8 Å². The number of ether oxygens (including phenoxy) is 1. The quantitative estimate of drug-likeness (QED) is 0.867. The van der Waals surface area contributed by atoms with Crippen molar-refractivity contribution < 1.29 is 4.74 Å². The highest BCUT2D eigenvalue weighted by Gasteiger charge is 2.20. The number of pyridine rings is 1. The lowest BCUT2D eigenvalue weighted by Gasteiger charge is -2.27. The smallest absolute Gasteiger partial charge is 0.137 e. The molecule has 1 aliphatic heterocycles. The summed E-state index contributed by atoms with van der Waals surface area (Å²) in [5, 5.41) is 3.60. The predicted molar refractivity (Wildman–Crippen MR) is 81.9 cm³/mol. The summed E-state index contributed by atoms with van der Waals surface area (Å²) in [4.78, 5) is 4.28. The minimum absolute atomic E-state index is 0.403. The van der Waals surface area contributed by atoms with E-state index < -0.39 is 0 Å². The third-order valence-corrected chi connectivity index (χ3v) is 4.78. The fourth-order valence-corrected chi connectivity index (χ4v) is 3.84. The van der Waals surface area contributed by atoms with Gasteiger partial charge in [0.2, 0.25) is 0 Å². The summed E-state index contributed by atoms with van der Waals surface area (Å²) in [6.45, 7) is 3.15. The summed E-state index contributed by atoms with van der Waals surface area (Å²) in [7, 11) is 1.70. The van der Waals surface area contributed by atoms with Crippen LogP contribution in [-0.4, -0.2) is 30.1 Å². The number of hydrogen-bond donors (Lipinski definition) is 1. The zero-order chi connectivity index (χ0) is 13.5. The number of nitrogens with zero attached hydrogens (tertiary/aromatic N) is 1. The van der Waals surface area contributed by atoms with E-state index in [1.54, 1.807) is 13.3 Å². The molecule has 4 heteroatoms. The minimum Gasteiger partial charge on any atom is -0.495 e. The first kappa shape index (κ1) is 14.7. The first-order valence-electron chi connectivity index (χ1n) is 7.13. The van der Waals surface area contributed by atoms with Crippen LogP contribution in [0.1, 0.15) is 37.8 Å². The van der Waals surface area contributed by atoms with Crippen molar-refractivity contribution in [1.82, 2.24) is 10.3 Å². The van der Waals surface area contributed by atoms with Crippen molar-refractivity contribution in [3.05, 3.63) is 24.0 Å². The summed E-state index contributed by atoms with van der Waals surface area (Å²) >= 11 is 2.09. The van der Waals surface area contributed by atoms with Crippen LogP contribution in [-0.2, 0) is 0 Å². The van der Waals surface area contributed by atoms with Crippen molar-refractivity contribution in [2.24, 2.45) is 5.92 Å². The number of methoxy groups -OCH3 is 1. The molecule has 0 saturated carbocycles. The van der Waals surface area contributed by atoms with E-state index in [4.69, 9.17) is 4.74 Å². The molecule has 0 bridgehead atoms. The molecule has 0 amide bonds. The SMILES string of the molecule is CCNC(CC1CCSCC1)c1cncc(OC)c1. The molecule has 3 nitrogen and oxygen atoms in total. The van der Waals surface area contributed by atoms with Gasteiger partial charge in [0.1, 0.15) is 5.75 Å². The zero-order valence-corrected chi connectivity index (χ0v) is 12.7. The fourth-order valence-electron chi connectivity index (χ4n) is 2.64. The van der Waals surface area contributed by atoms with Gasteiger partial charge in [0.05, 0.1) is 13.3 Å². The van der Waals surface area contributed by atoms with E-state index in [1.807, 2.05) is 6.20 Å². The maximum atomic E-state index is 5.28. The molecule has 1 N–H and O–H groups in total. The number of thioether (sulfide) groups is 1. The Morgan fingerprint density at radius 3 is 2.89 bits per heavy atom. The third kappa shape index (κ3) is 4.39. The standard InChI is InChI=1S/C15H24N2OS/c1-3-17-15(8-12-4-6-19-7-5-12)13-9-14(18-2)11-16-10-13/h9-12,15,17H,3-8H2,1-2H3. The molecule has 2 heterocycles. The van der Waals surface area contributed by atoms with Crippen molar-refractivity contribution in [3.8, 4) is 5.75 Å². The van der Waals surface area contributed by atoms with Gasteiger partial charge < -0.3 is 10.1 Å². The first-order valence-corrected chi connectivity index (χ1v) is 8.29. The highest BCUT2D eigenvalue weighted by atomic mass is 32.2. The van der Waals surface area contributed by atoms with Gasteiger partial charge in [0.15, 0.2) is 0 Å². The Kier molecular flexibility index (Phi) is 5.98. The van der Waals surface area contributed by atoms with Crippen molar-refractivity contribution >= 4 is 11.8 Å². The molecule has 1 unspecified atom stereocenters. The summed E-state index contributed by atoms with van der Waals surface area (Å²) in [5.41, 5.74) is 1.25. The summed E-state index contributed by atoms with van der Waals surface area (Å²) in [6, 6.07) is 2.51. The number of nitrogens with one attached hydrogen (secondary N) is 1. The molecule has 1 saturated heterocycles. The van der Waals surface area contributed by atoms with E-state index in [1.165, 1.54) is 36.3 Å². The normalized spacial score (nSPS) is 18.2. The topological polar surface area (TPSA) is 34.2 Å². The molecule has 19 heavy (non-hydrogen) atoms. The second-order valence-electron chi connectivity index (χ2n) is 5.06. The van der Waals surface area contributed by atoms with Gasteiger partial charge in [-0.3, -0.25) is 4.98 Å². The molecule has 1 aromatic rings. The molecule has 0 spiro atoms. The first-order chi connectivity index (χ1) is 9.33. The molecule has 1 fully saturated rings. The highest BCUT2D eigenvalue weighted by Crippen LogP contribution is 2.31. The molecule has 2 rings (SSSR count). The van der Waals surface area contributed by atoms with Gasteiger partial charge in [-0.15, -0.1) is 0 Å². The Labute approximate surface area is 120 Å². The molecule has 1 atom stereocenters. The van der Waals surface area contributed by atoms with Gasteiger partial charge in [-0.25, -0.2) is 0 Å². The largest absolute Gasteiger partial charge is 0.495 e. The average Bonchev–Trinajstić information content (AvgIpc) is 2.48. The Morgan fingerprint density at radius 1 is 1.42 bits per heavy atom. The highest BCUT2D eigenvalue weighted by molar-refractivity contribution is 7.99. The fraction of sp³-hybridized carbons (Fsp3) is 0.667. The van der Waals surface area contributed by atoms with E-state index >= 15 is 0 Å². The third-order valence-electron chi connectivity index (χ3n) is 3.73.